The monoisotopic (exact) mass is 405 g/mol. The summed E-state index contributed by atoms with van der Waals surface area (Å²) in [4.78, 5) is 16.2. The zero-order chi connectivity index (χ0) is 28.7. The normalized spacial score (nSPS) is 20.3. The Bertz CT molecular complexity index is 1300. The maximum absolute atomic E-state index is 12.5. The molecular formula is C22H25N3O2S. The minimum absolute atomic E-state index is 0.0497. The summed E-state index contributed by atoms with van der Waals surface area (Å²) in [6, 6.07) is 12.0. The van der Waals surface area contributed by atoms with Crippen molar-refractivity contribution in [1.29, 1.82) is 0 Å². The van der Waals surface area contributed by atoms with E-state index in [-0.39, 0.29) is 27.3 Å². The Hall–Kier alpha value is -2.70. The SMILES string of the molecule is [2H]c1sc(N)nc1C([2H])([2H])C(=O)Nc1ccc(C([2H])([2H])C([2H])([2H])CC([2H])([2H])[C@]([2H])(O)c2ccccc2)cc1. The lowest BCUT2D eigenvalue weighted by Crippen LogP contribution is -2.14. The topological polar surface area (TPSA) is 88.2 Å². The van der Waals surface area contributed by atoms with Gasteiger partial charge in [0.1, 0.15) is 0 Å². The molecule has 1 aromatic heterocycles. The van der Waals surface area contributed by atoms with Crippen molar-refractivity contribution >= 4 is 28.1 Å². The quantitative estimate of drug-likeness (QED) is 0.494. The van der Waals surface area contributed by atoms with Gasteiger partial charge in [-0.2, -0.15) is 0 Å². The van der Waals surface area contributed by atoms with Gasteiger partial charge in [-0.05, 0) is 42.4 Å². The fourth-order valence-corrected chi connectivity index (χ4v) is 2.62. The van der Waals surface area contributed by atoms with E-state index in [0.29, 0.717) is 11.3 Å². The third-order valence-electron chi connectivity index (χ3n) is 3.47. The van der Waals surface area contributed by atoms with E-state index in [4.69, 9.17) is 19.4 Å². The van der Waals surface area contributed by atoms with E-state index in [1.165, 1.54) is 36.4 Å². The van der Waals surface area contributed by atoms with E-state index >= 15 is 0 Å². The van der Waals surface area contributed by atoms with Gasteiger partial charge in [-0.3, -0.25) is 4.79 Å². The van der Waals surface area contributed by atoms with Crippen molar-refractivity contribution in [3.63, 3.8) is 0 Å². The summed E-state index contributed by atoms with van der Waals surface area (Å²) >= 11 is 0.713. The van der Waals surface area contributed by atoms with Gasteiger partial charge in [-0.25, -0.2) is 4.98 Å². The number of hydrogen-bond acceptors (Lipinski definition) is 5. The lowest BCUT2D eigenvalue weighted by atomic mass is 10.0. The molecule has 5 nitrogen and oxygen atoms in total. The van der Waals surface area contributed by atoms with Crippen molar-refractivity contribution in [2.24, 2.45) is 0 Å². The molecule has 0 fully saturated rings. The maximum atomic E-state index is 12.5. The van der Waals surface area contributed by atoms with E-state index < -0.39 is 49.6 Å². The summed E-state index contributed by atoms with van der Waals surface area (Å²) < 4.78 is 82.0. The van der Waals surface area contributed by atoms with Gasteiger partial charge in [0.25, 0.3) is 0 Å². The van der Waals surface area contributed by atoms with Crippen LogP contribution in [-0.2, 0) is 17.5 Å². The lowest BCUT2D eigenvalue weighted by molar-refractivity contribution is -0.115. The molecule has 2 aromatic carbocycles. The first kappa shape index (κ1) is 10.7. The average Bonchev–Trinajstić information content (AvgIpc) is 3.17. The molecule has 1 atom stereocenters. The van der Waals surface area contributed by atoms with Crippen LogP contribution in [0.25, 0.3) is 0 Å². The Balaban J connectivity index is 1.79. The number of nitrogen functional groups attached to an aromatic ring is 1. The molecule has 0 aliphatic heterocycles. The Morgan fingerprint density at radius 1 is 1.29 bits per heavy atom. The first-order valence-corrected chi connectivity index (χ1v) is 9.08. The molecule has 0 aliphatic rings. The maximum Gasteiger partial charge on any atom is 0.230 e. The molecule has 146 valence electrons. The van der Waals surface area contributed by atoms with E-state index in [0.717, 1.165) is 12.1 Å². The molecule has 0 spiro atoms. The number of nitrogens with zero attached hydrogens (tertiary/aromatic N) is 1. The van der Waals surface area contributed by atoms with Crippen molar-refractivity contribution in [2.75, 3.05) is 11.1 Å². The number of thiazole rings is 1. The number of nitrogens with one attached hydrogen (secondary N) is 1. The highest BCUT2D eigenvalue weighted by molar-refractivity contribution is 7.13. The van der Waals surface area contributed by atoms with Crippen LogP contribution >= 0.6 is 11.3 Å². The minimum Gasteiger partial charge on any atom is -0.388 e. The third-order valence-corrected chi connectivity index (χ3v) is 4.07. The molecule has 0 unspecified atom stereocenters. The van der Waals surface area contributed by atoms with Crippen LogP contribution in [-0.4, -0.2) is 16.0 Å². The van der Waals surface area contributed by atoms with Crippen LogP contribution < -0.4 is 11.1 Å². The van der Waals surface area contributed by atoms with E-state index in [1.807, 2.05) is 0 Å². The molecule has 6 heteroatoms. The van der Waals surface area contributed by atoms with Crippen LogP contribution in [0.1, 0.15) is 55.8 Å². The summed E-state index contributed by atoms with van der Waals surface area (Å²) in [6.07, 6.45) is -15.3. The molecule has 0 saturated heterocycles. The Labute approximate surface area is 183 Å². The van der Waals surface area contributed by atoms with Crippen molar-refractivity contribution in [1.82, 2.24) is 4.98 Å². The van der Waals surface area contributed by atoms with Gasteiger partial charge in [0, 0.05) is 22.0 Å². The standard InChI is InChI=1S/C22H25N3O2S/c23-22-25-19(15-28-22)14-21(27)24-18-12-10-16(11-13-18)6-4-5-9-20(26)17-7-2-1-3-8-17/h1-3,7-8,10-13,15,20,26H,4-6,9,14H2,(H2,23,25)(H,24,27)/t20-/m0/s1/i4D2,6D2,9D2,14D2,15D,20D. The number of rotatable bonds is 9. The van der Waals surface area contributed by atoms with Gasteiger partial charge < -0.3 is 16.2 Å². The second-order valence-corrected chi connectivity index (χ2v) is 6.36. The number of hydrogen-bond donors (Lipinski definition) is 3. The number of benzene rings is 2. The second kappa shape index (κ2) is 10.0. The van der Waals surface area contributed by atoms with Crippen molar-refractivity contribution in [3.8, 4) is 0 Å². The minimum atomic E-state index is -2.89. The number of aryl methyl sites for hydroxylation is 1. The number of carbonyl (C=O) groups is 1. The highest BCUT2D eigenvalue weighted by atomic mass is 32.1. The van der Waals surface area contributed by atoms with E-state index in [9.17, 15) is 9.90 Å². The molecule has 1 amide bonds. The van der Waals surface area contributed by atoms with Gasteiger partial charge in [0.05, 0.1) is 20.9 Å². The van der Waals surface area contributed by atoms with E-state index in [2.05, 4.69) is 10.3 Å². The van der Waals surface area contributed by atoms with Crippen LogP contribution in [0.5, 0.6) is 0 Å². The molecular weight excluding hydrogens is 370 g/mol. The summed E-state index contributed by atoms with van der Waals surface area (Å²) in [6.45, 7) is 0. The molecule has 0 radical (unpaired) electrons. The average molecular weight is 406 g/mol. The Morgan fingerprint density at radius 3 is 2.71 bits per heavy atom. The number of aromatic nitrogens is 1. The first-order chi connectivity index (χ1) is 17.3. The highest BCUT2D eigenvalue weighted by Crippen LogP contribution is 2.20. The predicted molar refractivity (Wildman–Crippen MR) is 114 cm³/mol. The second-order valence-electron chi connectivity index (χ2n) is 5.53. The van der Waals surface area contributed by atoms with Crippen LogP contribution in [0.15, 0.2) is 60.0 Å². The predicted octanol–water partition coefficient (Wildman–Crippen LogP) is 4.35. The number of carbonyl (C=O) groups excluding carboxylic acids is 1. The van der Waals surface area contributed by atoms with E-state index in [1.54, 1.807) is 6.07 Å². The zero-order valence-electron chi connectivity index (χ0n) is 24.7. The van der Waals surface area contributed by atoms with Gasteiger partial charge in [0.2, 0.25) is 5.91 Å². The fraction of sp³-hybridized carbons (Fsp3) is 0.273. The van der Waals surface area contributed by atoms with Gasteiger partial charge in [0.15, 0.2) is 5.13 Å². The molecule has 1 heterocycles. The van der Waals surface area contributed by atoms with Crippen molar-refractivity contribution in [3.05, 3.63) is 76.8 Å². The fourth-order valence-electron chi connectivity index (χ4n) is 2.19. The van der Waals surface area contributed by atoms with Crippen molar-refractivity contribution < 1.29 is 23.6 Å². The molecule has 0 aliphatic carbocycles. The van der Waals surface area contributed by atoms with Crippen LogP contribution in [0, 0.1) is 0 Å². The summed E-state index contributed by atoms with van der Waals surface area (Å²) in [5.74, 6) is -1.15. The van der Waals surface area contributed by atoms with Gasteiger partial charge >= 0.3 is 0 Å². The summed E-state index contributed by atoms with van der Waals surface area (Å²) in [5, 5.41) is 12.5. The number of aliphatic hydroxyl groups is 1. The van der Waals surface area contributed by atoms with Crippen molar-refractivity contribution in [2.45, 2.75) is 38.0 Å². The first-order valence-electron chi connectivity index (χ1n) is 13.3. The molecule has 0 saturated carbocycles. The largest absolute Gasteiger partial charge is 0.388 e. The summed E-state index contributed by atoms with van der Waals surface area (Å²) in [7, 11) is 0. The smallest absolute Gasteiger partial charge is 0.230 e. The molecule has 0 bridgehead atoms. The molecule has 3 aromatic rings. The summed E-state index contributed by atoms with van der Waals surface area (Å²) in [5.41, 5.74) is 4.76. The molecule has 3 rings (SSSR count). The third kappa shape index (κ3) is 6.18. The Kier molecular flexibility index (Phi) is 3.84. The lowest BCUT2D eigenvalue weighted by Gasteiger charge is -2.10. The molecule has 4 N–H and O–H groups in total. The number of amides is 1. The number of nitrogens with two attached hydrogens (primary N) is 1. The van der Waals surface area contributed by atoms with Crippen LogP contribution in [0.2, 0.25) is 0 Å². The van der Waals surface area contributed by atoms with Crippen LogP contribution in [0.4, 0.5) is 10.8 Å². The van der Waals surface area contributed by atoms with Gasteiger partial charge in [-0.1, -0.05) is 48.9 Å². The number of anilines is 2. The zero-order valence-corrected chi connectivity index (χ0v) is 15.5. The molecule has 28 heavy (non-hydrogen) atoms. The van der Waals surface area contributed by atoms with Gasteiger partial charge in [-0.15, -0.1) is 11.3 Å². The Morgan fingerprint density at radius 2 is 2.04 bits per heavy atom. The van der Waals surface area contributed by atoms with Crippen LogP contribution in [0.3, 0.4) is 0 Å². The highest BCUT2D eigenvalue weighted by Gasteiger charge is 2.08.